The minimum absolute atomic E-state index is 1.17. The Labute approximate surface area is 112 Å². The van der Waals surface area contributed by atoms with E-state index in [9.17, 15) is 0 Å². The first-order valence-corrected chi connectivity index (χ1v) is 7.21. The van der Waals surface area contributed by atoms with Crippen molar-refractivity contribution in [1.29, 1.82) is 0 Å². The molecule has 0 spiro atoms. The van der Waals surface area contributed by atoms with Crippen LogP contribution in [0, 0.1) is 6.07 Å². The van der Waals surface area contributed by atoms with Gasteiger partial charge in [-0.05, 0) is 48.2 Å². The summed E-state index contributed by atoms with van der Waals surface area (Å²) in [5.41, 5.74) is 2.51. The van der Waals surface area contributed by atoms with Crippen molar-refractivity contribution in [2.24, 2.45) is 0 Å². The van der Waals surface area contributed by atoms with Crippen LogP contribution in [-0.4, -0.2) is 0 Å². The van der Waals surface area contributed by atoms with E-state index in [1.807, 2.05) is 12.1 Å². The Morgan fingerprint density at radius 2 is 1.39 bits per heavy atom. The van der Waals surface area contributed by atoms with Crippen LogP contribution in [0.1, 0.15) is 63.5 Å². The topological polar surface area (TPSA) is 0 Å². The molecule has 0 fully saturated rings. The highest BCUT2D eigenvalue weighted by Gasteiger charge is 1.90. The monoisotopic (exact) mass is 241 g/mol. The molecule has 0 atom stereocenters. The molecule has 1 rings (SSSR count). The van der Waals surface area contributed by atoms with Crippen LogP contribution in [0.3, 0.4) is 0 Å². The van der Waals surface area contributed by atoms with Gasteiger partial charge in [0.25, 0.3) is 0 Å². The fourth-order valence-corrected chi connectivity index (χ4v) is 1.79. The number of unbranched alkanes of at least 4 members (excludes halogenated alkanes) is 4. The van der Waals surface area contributed by atoms with Gasteiger partial charge in [-0.1, -0.05) is 63.8 Å². The Bertz CT molecular complexity index is 338. The van der Waals surface area contributed by atoms with Crippen LogP contribution in [0.5, 0.6) is 0 Å². The normalized spacial score (nSPS) is 11.7. The van der Waals surface area contributed by atoms with Gasteiger partial charge in [0, 0.05) is 0 Å². The number of rotatable bonds is 8. The SMILES string of the molecule is CCCCC=Cc1c[c]cc(C=CCCCC)c1. The van der Waals surface area contributed by atoms with Crippen LogP contribution in [0.4, 0.5) is 0 Å². The molecular formula is C18H25. The molecule has 0 nitrogen and oxygen atoms in total. The first-order chi connectivity index (χ1) is 8.86. The molecule has 18 heavy (non-hydrogen) atoms. The Morgan fingerprint density at radius 1 is 0.889 bits per heavy atom. The van der Waals surface area contributed by atoms with Gasteiger partial charge in [0.1, 0.15) is 0 Å². The van der Waals surface area contributed by atoms with Crippen molar-refractivity contribution in [2.45, 2.75) is 52.4 Å². The second-order valence-corrected chi connectivity index (χ2v) is 4.69. The summed E-state index contributed by atoms with van der Waals surface area (Å²) in [6.07, 6.45) is 16.3. The molecule has 1 aromatic rings. The van der Waals surface area contributed by atoms with E-state index in [0.29, 0.717) is 0 Å². The van der Waals surface area contributed by atoms with Crippen molar-refractivity contribution < 1.29 is 0 Å². The maximum Gasteiger partial charge on any atom is -0.0172 e. The molecular weight excluding hydrogens is 216 g/mol. The van der Waals surface area contributed by atoms with E-state index in [1.165, 1.54) is 49.7 Å². The van der Waals surface area contributed by atoms with Crippen LogP contribution in [0.15, 0.2) is 30.4 Å². The largest absolute Gasteiger partial charge is 0.0839 e. The summed E-state index contributed by atoms with van der Waals surface area (Å²) in [4.78, 5) is 0. The molecule has 0 saturated carbocycles. The van der Waals surface area contributed by atoms with Crippen molar-refractivity contribution in [1.82, 2.24) is 0 Å². The highest BCUT2D eigenvalue weighted by molar-refractivity contribution is 5.57. The quantitative estimate of drug-likeness (QED) is 0.497. The molecule has 0 aliphatic carbocycles. The molecule has 0 aliphatic heterocycles. The molecule has 0 heteroatoms. The van der Waals surface area contributed by atoms with Gasteiger partial charge >= 0.3 is 0 Å². The molecule has 0 amide bonds. The van der Waals surface area contributed by atoms with Gasteiger partial charge in [0.15, 0.2) is 0 Å². The molecule has 97 valence electrons. The molecule has 1 aromatic carbocycles. The van der Waals surface area contributed by atoms with E-state index >= 15 is 0 Å². The van der Waals surface area contributed by atoms with Crippen LogP contribution in [0.25, 0.3) is 12.2 Å². The number of allylic oxidation sites excluding steroid dienone is 2. The summed E-state index contributed by atoms with van der Waals surface area (Å²) in [7, 11) is 0. The lowest BCUT2D eigenvalue weighted by atomic mass is 10.1. The molecule has 0 aromatic heterocycles. The second-order valence-electron chi connectivity index (χ2n) is 4.69. The first kappa shape index (κ1) is 14.8. The molecule has 1 radical (unpaired) electrons. The Morgan fingerprint density at radius 3 is 1.83 bits per heavy atom. The highest BCUT2D eigenvalue weighted by Crippen LogP contribution is 2.10. The standard InChI is InChI=1S/C18H25/c1-3-5-7-9-12-17-14-11-15-18(16-17)13-10-8-6-4-2/h9-10,12-16H,3-8H2,1-2H3. The fourth-order valence-electron chi connectivity index (χ4n) is 1.79. The van der Waals surface area contributed by atoms with Crippen molar-refractivity contribution in [3.63, 3.8) is 0 Å². The van der Waals surface area contributed by atoms with Crippen LogP contribution >= 0.6 is 0 Å². The lowest BCUT2D eigenvalue weighted by molar-refractivity contribution is 0.816. The average Bonchev–Trinajstić information content (AvgIpc) is 2.40. The number of benzene rings is 1. The maximum absolute atomic E-state index is 3.21. The highest BCUT2D eigenvalue weighted by atomic mass is 13.9. The van der Waals surface area contributed by atoms with Crippen LogP contribution < -0.4 is 0 Å². The minimum atomic E-state index is 1.17. The summed E-state index contributed by atoms with van der Waals surface area (Å²) >= 11 is 0. The molecule has 0 N–H and O–H groups in total. The molecule has 0 heterocycles. The van der Waals surface area contributed by atoms with Crippen molar-refractivity contribution in [3.8, 4) is 0 Å². The predicted molar refractivity (Wildman–Crippen MR) is 82.4 cm³/mol. The van der Waals surface area contributed by atoms with Gasteiger partial charge in [-0.3, -0.25) is 0 Å². The molecule has 0 saturated heterocycles. The zero-order valence-corrected chi connectivity index (χ0v) is 11.8. The lowest BCUT2D eigenvalue weighted by Gasteiger charge is -1.97. The third kappa shape index (κ3) is 6.44. The third-order valence-electron chi connectivity index (χ3n) is 2.90. The van der Waals surface area contributed by atoms with E-state index in [0.717, 1.165) is 0 Å². The maximum atomic E-state index is 3.21. The van der Waals surface area contributed by atoms with Gasteiger partial charge in [-0.2, -0.15) is 0 Å². The van der Waals surface area contributed by atoms with Crippen molar-refractivity contribution >= 4 is 12.2 Å². The third-order valence-corrected chi connectivity index (χ3v) is 2.90. The molecule has 0 bridgehead atoms. The van der Waals surface area contributed by atoms with Gasteiger partial charge in [-0.25, -0.2) is 0 Å². The van der Waals surface area contributed by atoms with Crippen molar-refractivity contribution in [2.75, 3.05) is 0 Å². The molecule has 0 aliphatic rings. The van der Waals surface area contributed by atoms with Crippen LogP contribution in [0.2, 0.25) is 0 Å². The number of hydrogen-bond donors (Lipinski definition) is 0. The smallest absolute Gasteiger partial charge is 0.0172 e. The van der Waals surface area contributed by atoms with Gasteiger partial charge in [0.2, 0.25) is 0 Å². The zero-order valence-electron chi connectivity index (χ0n) is 11.8. The number of hydrogen-bond acceptors (Lipinski definition) is 0. The Hall–Kier alpha value is -1.30. The van der Waals surface area contributed by atoms with E-state index in [4.69, 9.17) is 0 Å². The van der Waals surface area contributed by atoms with Gasteiger partial charge in [-0.15, -0.1) is 0 Å². The molecule has 0 unspecified atom stereocenters. The summed E-state index contributed by atoms with van der Waals surface area (Å²) in [6.45, 7) is 4.45. The average molecular weight is 241 g/mol. The lowest BCUT2D eigenvalue weighted by Crippen LogP contribution is -1.77. The summed E-state index contributed by atoms with van der Waals surface area (Å²) in [5, 5.41) is 0. The van der Waals surface area contributed by atoms with Gasteiger partial charge < -0.3 is 0 Å². The minimum Gasteiger partial charge on any atom is -0.0839 e. The van der Waals surface area contributed by atoms with Crippen LogP contribution in [-0.2, 0) is 0 Å². The fraction of sp³-hybridized carbons (Fsp3) is 0.444. The van der Waals surface area contributed by atoms with E-state index < -0.39 is 0 Å². The van der Waals surface area contributed by atoms with E-state index in [-0.39, 0.29) is 0 Å². The summed E-state index contributed by atoms with van der Waals surface area (Å²) < 4.78 is 0. The Balaban J connectivity index is 2.51. The van der Waals surface area contributed by atoms with Gasteiger partial charge in [0.05, 0.1) is 0 Å². The second kappa shape index (κ2) is 9.70. The first-order valence-electron chi connectivity index (χ1n) is 7.21. The predicted octanol–water partition coefficient (Wildman–Crippen LogP) is 5.89. The summed E-state index contributed by atoms with van der Waals surface area (Å²) in [6, 6.07) is 9.53. The van der Waals surface area contributed by atoms with E-state index in [1.54, 1.807) is 0 Å². The van der Waals surface area contributed by atoms with Crippen molar-refractivity contribution in [3.05, 3.63) is 47.5 Å². The van der Waals surface area contributed by atoms with E-state index in [2.05, 4.69) is 50.3 Å². The summed E-state index contributed by atoms with van der Waals surface area (Å²) in [5.74, 6) is 0. The zero-order chi connectivity index (χ0) is 13.1. The Kier molecular flexibility index (Phi) is 7.96.